The summed E-state index contributed by atoms with van der Waals surface area (Å²) >= 11 is 11.6. The zero-order valence-electron chi connectivity index (χ0n) is 17.2. The summed E-state index contributed by atoms with van der Waals surface area (Å²) in [6, 6.07) is 7.27. The second-order valence-electron chi connectivity index (χ2n) is 7.70. The van der Waals surface area contributed by atoms with E-state index in [1.54, 1.807) is 24.5 Å². The predicted molar refractivity (Wildman–Crippen MR) is 127 cm³/mol. The van der Waals surface area contributed by atoms with E-state index in [0.29, 0.717) is 22.4 Å². The molecule has 0 atom stereocenters. The van der Waals surface area contributed by atoms with Crippen LogP contribution in [0.25, 0.3) is 11.3 Å². The smallest absolute Gasteiger partial charge is 0.236 e. The van der Waals surface area contributed by atoms with Gasteiger partial charge in [0, 0.05) is 40.7 Å². The molecule has 3 heterocycles. The van der Waals surface area contributed by atoms with Gasteiger partial charge in [0.15, 0.2) is 0 Å². The van der Waals surface area contributed by atoms with Crippen LogP contribution in [-0.2, 0) is 12.8 Å². The summed E-state index contributed by atoms with van der Waals surface area (Å²) < 4.78 is 14.4. The molecule has 4 rings (SSSR count). The molecule has 0 spiro atoms. The number of benzene rings is 1. The molecule has 31 heavy (non-hydrogen) atoms. The fourth-order valence-electron chi connectivity index (χ4n) is 3.46. The zero-order valence-corrected chi connectivity index (χ0v) is 18.8. The molecule has 0 radical (unpaired) electrons. The summed E-state index contributed by atoms with van der Waals surface area (Å²) in [4.78, 5) is 15.7. The van der Waals surface area contributed by atoms with E-state index < -0.39 is 5.95 Å². The minimum atomic E-state index is -0.593. The zero-order chi connectivity index (χ0) is 22.0. The molecular weight excluding hydrogens is 435 g/mol. The van der Waals surface area contributed by atoms with Crippen molar-refractivity contribution in [1.29, 1.82) is 0 Å². The molecular formula is C22H22ClFN6S. The number of hydrogen-bond acceptors (Lipinski definition) is 6. The fraction of sp³-hybridized carbons (Fsp3) is 0.273. The van der Waals surface area contributed by atoms with Crippen molar-refractivity contribution in [2.24, 2.45) is 0 Å². The van der Waals surface area contributed by atoms with Crippen LogP contribution in [0.15, 0.2) is 36.7 Å². The van der Waals surface area contributed by atoms with Crippen molar-refractivity contribution in [2.45, 2.75) is 19.3 Å². The van der Waals surface area contributed by atoms with Gasteiger partial charge in [-0.25, -0.2) is 15.0 Å². The van der Waals surface area contributed by atoms with Crippen LogP contribution >= 0.6 is 23.8 Å². The van der Waals surface area contributed by atoms with Crippen LogP contribution in [0.3, 0.4) is 0 Å². The molecule has 0 aliphatic carbocycles. The SMILES string of the molecule is CN(C)CCCc1cnc(F)c(Nc2ncc3c(n2)-c2ccc(Cl)cc2NC(=S)C3)c1. The summed E-state index contributed by atoms with van der Waals surface area (Å²) in [5.41, 5.74) is 4.47. The van der Waals surface area contributed by atoms with Gasteiger partial charge in [0.25, 0.3) is 0 Å². The second kappa shape index (κ2) is 9.21. The van der Waals surface area contributed by atoms with Crippen molar-refractivity contribution in [1.82, 2.24) is 19.9 Å². The molecule has 1 aliphatic rings. The van der Waals surface area contributed by atoms with E-state index in [2.05, 4.69) is 30.5 Å². The van der Waals surface area contributed by atoms with Crippen LogP contribution in [0.1, 0.15) is 17.5 Å². The standard InChI is InChI=1S/C22H22ClFN6S/c1-30(2)7-3-4-13-8-18(21(24)25-11-13)28-22-26-12-14-9-19(31)27-17-10-15(23)5-6-16(17)20(14)29-22/h5-6,8,10-12H,3-4,7,9H2,1-2H3,(H,27,31)(H,26,28,29). The van der Waals surface area contributed by atoms with Gasteiger partial charge in [-0.05, 0) is 63.3 Å². The van der Waals surface area contributed by atoms with Crippen LogP contribution < -0.4 is 10.6 Å². The van der Waals surface area contributed by atoms with Gasteiger partial charge in [0.05, 0.1) is 16.4 Å². The van der Waals surface area contributed by atoms with Gasteiger partial charge < -0.3 is 15.5 Å². The number of anilines is 3. The van der Waals surface area contributed by atoms with Gasteiger partial charge >= 0.3 is 0 Å². The lowest BCUT2D eigenvalue weighted by molar-refractivity contribution is 0.400. The molecule has 6 nitrogen and oxygen atoms in total. The Hall–Kier alpha value is -2.68. The molecule has 0 bridgehead atoms. The molecule has 0 saturated heterocycles. The maximum atomic E-state index is 14.4. The predicted octanol–water partition coefficient (Wildman–Crippen LogP) is 4.86. The quantitative estimate of drug-likeness (QED) is 0.405. The topological polar surface area (TPSA) is 66.0 Å². The number of nitrogens with one attached hydrogen (secondary N) is 2. The number of thiocarbonyl (C=S) groups is 1. The van der Waals surface area contributed by atoms with Gasteiger partial charge in [-0.15, -0.1) is 0 Å². The first-order valence-corrected chi connectivity index (χ1v) is 10.7. The Bertz CT molecular complexity index is 1140. The molecule has 1 aromatic carbocycles. The Labute approximate surface area is 190 Å². The minimum absolute atomic E-state index is 0.251. The van der Waals surface area contributed by atoms with E-state index in [1.165, 1.54) is 0 Å². The molecule has 2 aromatic heterocycles. The number of nitrogens with zero attached hydrogens (tertiary/aromatic N) is 4. The number of aromatic nitrogens is 3. The number of pyridine rings is 1. The Morgan fingerprint density at radius 1 is 1.23 bits per heavy atom. The molecule has 1 aliphatic heterocycles. The molecule has 9 heteroatoms. The molecule has 2 N–H and O–H groups in total. The van der Waals surface area contributed by atoms with Crippen LogP contribution in [-0.4, -0.2) is 45.5 Å². The van der Waals surface area contributed by atoms with E-state index in [4.69, 9.17) is 23.8 Å². The van der Waals surface area contributed by atoms with Gasteiger partial charge in [-0.1, -0.05) is 23.8 Å². The minimum Gasteiger partial charge on any atom is -0.349 e. The molecule has 0 fully saturated rings. The molecule has 160 valence electrons. The highest BCUT2D eigenvalue weighted by molar-refractivity contribution is 7.80. The van der Waals surface area contributed by atoms with Crippen LogP contribution in [0, 0.1) is 5.95 Å². The number of halogens is 2. The number of aryl methyl sites for hydroxylation is 1. The average Bonchev–Trinajstić information content (AvgIpc) is 2.84. The number of hydrogen-bond donors (Lipinski definition) is 2. The maximum absolute atomic E-state index is 14.4. The Balaban J connectivity index is 1.63. The Kier molecular flexibility index (Phi) is 6.41. The second-order valence-corrected chi connectivity index (χ2v) is 8.63. The average molecular weight is 457 g/mol. The Morgan fingerprint density at radius 3 is 2.87 bits per heavy atom. The van der Waals surface area contributed by atoms with E-state index in [1.807, 2.05) is 26.2 Å². The highest BCUT2D eigenvalue weighted by atomic mass is 35.5. The normalized spacial score (nSPS) is 12.7. The molecule has 0 saturated carbocycles. The third-order valence-electron chi connectivity index (χ3n) is 4.94. The monoisotopic (exact) mass is 456 g/mol. The lowest BCUT2D eigenvalue weighted by Crippen LogP contribution is -2.13. The van der Waals surface area contributed by atoms with Crippen molar-refractivity contribution < 1.29 is 4.39 Å². The van der Waals surface area contributed by atoms with Crippen LogP contribution in [0.4, 0.5) is 21.7 Å². The largest absolute Gasteiger partial charge is 0.349 e. The van der Waals surface area contributed by atoms with Crippen molar-refractivity contribution in [3.8, 4) is 11.3 Å². The van der Waals surface area contributed by atoms with E-state index >= 15 is 0 Å². The highest BCUT2D eigenvalue weighted by Gasteiger charge is 2.20. The molecule has 0 amide bonds. The Morgan fingerprint density at radius 2 is 2.06 bits per heavy atom. The van der Waals surface area contributed by atoms with Gasteiger partial charge in [-0.2, -0.15) is 4.39 Å². The third-order valence-corrected chi connectivity index (χ3v) is 5.42. The van der Waals surface area contributed by atoms with Gasteiger partial charge in [0.1, 0.15) is 0 Å². The van der Waals surface area contributed by atoms with Crippen molar-refractivity contribution in [2.75, 3.05) is 31.3 Å². The van der Waals surface area contributed by atoms with E-state index in [9.17, 15) is 4.39 Å². The van der Waals surface area contributed by atoms with Crippen LogP contribution in [0.2, 0.25) is 5.02 Å². The summed E-state index contributed by atoms with van der Waals surface area (Å²) in [5.74, 6) is -0.302. The first-order valence-electron chi connectivity index (χ1n) is 9.91. The third kappa shape index (κ3) is 5.15. The summed E-state index contributed by atoms with van der Waals surface area (Å²) in [5, 5.41) is 6.80. The van der Waals surface area contributed by atoms with Crippen LogP contribution in [0.5, 0.6) is 0 Å². The lowest BCUT2D eigenvalue weighted by Gasteiger charge is -2.12. The maximum Gasteiger partial charge on any atom is 0.236 e. The molecule has 0 unspecified atom stereocenters. The summed E-state index contributed by atoms with van der Waals surface area (Å²) in [6.07, 6.45) is 5.56. The molecule has 3 aromatic rings. The first kappa shape index (κ1) is 21.5. The van der Waals surface area contributed by atoms with Gasteiger partial charge in [-0.3, -0.25) is 0 Å². The fourth-order valence-corrected chi connectivity index (χ4v) is 3.90. The van der Waals surface area contributed by atoms with Crippen molar-refractivity contribution >= 4 is 46.1 Å². The highest BCUT2D eigenvalue weighted by Crippen LogP contribution is 2.35. The van der Waals surface area contributed by atoms with E-state index in [-0.39, 0.29) is 5.69 Å². The number of fused-ring (bicyclic) bond motifs is 3. The first-order chi connectivity index (χ1) is 14.9. The summed E-state index contributed by atoms with van der Waals surface area (Å²) in [7, 11) is 4.06. The van der Waals surface area contributed by atoms with Crippen molar-refractivity contribution in [3.05, 3.63) is 58.8 Å². The summed E-state index contributed by atoms with van der Waals surface area (Å²) in [6.45, 7) is 0.952. The lowest BCUT2D eigenvalue weighted by atomic mass is 10.1. The van der Waals surface area contributed by atoms with Crippen molar-refractivity contribution in [3.63, 3.8) is 0 Å². The van der Waals surface area contributed by atoms with E-state index in [0.717, 1.165) is 47.5 Å². The van der Waals surface area contributed by atoms with Gasteiger partial charge in [0.2, 0.25) is 11.9 Å². The number of rotatable bonds is 6.